The molecular formula is C21H26N4O4S2. The molecule has 0 spiro atoms. The van der Waals surface area contributed by atoms with Crippen molar-refractivity contribution in [1.82, 2.24) is 13.6 Å². The highest BCUT2D eigenvalue weighted by atomic mass is 32.2. The molecule has 31 heavy (non-hydrogen) atoms. The summed E-state index contributed by atoms with van der Waals surface area (Å²) in [7, 11) is -7.97. The minimum atomic E-state index is -4.00. The van der Waals surface area contributed by atoms with Crippen molar-refractivity contribution in [3.05, 3.63) is 54.7 Å². The molecule has 2 aromatic carbocycles. The van der Waals surface area contributed by atoms with Gasteiger partial charge in [-0.25, -0.2) is 25.5 Å². The Morgan fingerprint density at radius 1 is 0.903 bits per heavy atom. The summed E-state index contributed by atoms with van der Waals surface area (Å²) in [4.78, 5) is 2.15. The van der Waals surface area contributed by atoms with Gasteiger partial charge in [0.05, 0.1) is 10.4 Å². The molecule has 0 atom stereocenters. The van der Waals surface area contributed by atoms with Gasteiger partial charge >= 0.3 is 0 Å². The zero-order chi connectivity index (χ0) is 22.1. The molecule has 0 aliphatic carbocycles. The highest BCUT2D eigenvalue weighted by Gasteiger charge is 2.28. The molecule has 1 saturated heterocycles. The van der Waals surface area contributed by atoms with Crippen LogP contribution in [0, 0.1) is 0 Å². The third kappa shape index (κ3) is 4.33. The topological polar surface area (TPSA) is 114 Å². The van der Waals surface area contributed by atoms with Crippen LogP contribution in [0.4, 0.5) is 5.69 Å². The van der Waals surface area contributed by atoms with Crippen molar-refractivity contribution < 1.29 is 16.8 Å². The number of hydrogen-bond acceptors (Lipinski definition) is 6. The molecule has 0 bridgehead atoms. The molecule has 1 aliphatic rings. The third-order valence-electron chi connectivity index (χ3n) is 5.55. The maximum atomic E-state index is 13.2. The van der Waals surface area contributed by atoms with E-state index in [4.69, 9.17) is 5.73 Å². The Bertz CT molecular complexity index is 1280. The van der Waals surface area contributed by atoms with Crippen LogP contribution in [-0.4, -0.2) is 51.9 Å². The van der Waals surface area contributed by atoms with Crippen LogP contribution in [-0.2, 0) is 20.0 Å². The molecule has 3 N–H and O–H groups in total. The van der Waals surface area contributed by atoms with Crippen LogP contribution in [0.5, 0.6) is 0 Å². The van der Waals surface area contributed by atoms with Crippen molar-refractivity contribution in [2.24, 2.45) is 0 Å². The lowest BCUT2D eigenvalue weighted by Crippen LogP contribution is -2.37. The number of rotatable bonds is 7. The number of anilines is 1. The second-order valence-corrected chi connectivity index (χ2v) is 11.2. The van der Waals surface area contributed by atoms with E-state index in [1.807, 2.05) is 0 Å². The van der Waals surface area contributed by atoms with Gasteiger partial charge in [0.1, 0.15) is 4.90 Å². The van der Waals surface area contributed by atoms with Crippen molar-refractivity contribution in [3.63, 3.8) is 0 Å². The first-order valence-corrected chi connectivity index (χ1v) is 13.2. The number of hydrogen-bond donors (Lipinski definition) is 2. The van der Waals surface area contributed by atoms with E-state index in [0.717, 1.165) is 36.1 Å². The fourth-order valence-electron chi connectivity index (χ4n) is 3.96. The van der Waals surface area contributed by atoms with Gasteiger partial charge in [-0.2, -0.15) is 0 Å². The molecule has 1 fully saturated rings. The first kappa shape index (κ1) is 21.8. The number of fused-ring (bicyclic) bond motifs is 1. The van der Waals surface area contributed by atoms with E-state index in [2.05, 4.69) is 9.62 Å². The van der Waals surface area contributed by atoms with Crippen molar-refractivity contribution in [2.75, 3.05) is 31.9 Å². The lowest BCUT2D eigenvalue weighted by Gasteiger charge is -2.26. The summed E-state index contributed by atoms with van der Waals surface area (Å²) >= 11 is 0. The Morgan fingerprint density at radius 2 is 1.61 bits per heavy atom. The van der Waals surface area contributed by atoms with Gasteiger partial charge in [-0.1, -0.05) is 30.7 Å². The molecule has 166 valence electrons. The lowest BCUT2D eigenvalue weighted by molar-refractivity contribution is 0.233. The summed E-state index contributed by atoms with van der Waals surface area (Å²) in [6, 6.07) is 12.6. The Balaban J connectivity index is 1.71. The van der Waals surface area contributed by atoms with Gasteiger partial charge in [0.15, 0.2) is 0 Å². The maximum absolute atomic E-state index is 13.2. The summed E-state index contributed by atoms with van der Waals surface area (Å²) in [5.41, 5.74) is 6.51. The molecule has 0 unspecified atom stereocenters. The van der Waals surface area contributed by atoms with Crippen LogP contribution in [0.2, 0.25) is 0 Å². The monoisotopic (exact) mass is 462 g/mol. The number of benzene rings is 2. The molecular weight excluding hydrogens is 436 g/mol. The molecule has 0 saturated carbocycles. The largest absolute Gasteiger partial charge is 0.398 e. The molecule has 10 heteroatoms. The van der Waals surface area contributed by atoms with Gasteiger partial charge < -0.3 is 10.6 Å². The standard InChI is InChI=1S/C21H26N4O4S2/c22-18-10-7-11-19-21(18)20(16-25(19)31(28,29)17-8-3-1-4-9-17)30(26,27)23-12-15-24-13-5-2-6-14-24/h1,3-4,7-11,16,23H,2,5-6,12-15,22H2. The predicted octanol–water partition coefficient (Wildman–Crippen LogP) is 2.22. The third-order valence-corrected chi connectivity index (χ3v) is 8.71. The van der Waals surface area contributed by atoms with E-state index in [-0.39, 0.29) is 32.9 Å². The van der Waals surface area contributed by atoms with Gasteiger partial charge in [0.25, 0.3) is 10.0 Å². The Labute approximate surface area is 182 Å². The van der Waals surface area contributed by atoms with Crippen molar-refractivity contribution in [1.29, 1.82) is 0 Å². The van der Waals surface area contributed by atoms with Crippen molar-refractivity contribution in [3.8, 4) is 0 Å². The highest BCUT2D eigenvalue weighted by molar-refractivity contribution is 7.91. The lowest BCUT2D eigenvalue weighted by atomic mass is 10.1. The van der Waals surface area contributed by atoms with E-state index in [1.54, 1.807) is 36.4 Å². The van der Waals surface area contributed by atoms with E-state index < -0.39 is 20.0 Å². The average molecular weight is 463 g/mol. The number of nitrogens with two attached hydrogens (primary N) is 1. The smallest absolute Gasteiger partial charge is 0.268 e. The van der Waals surface area contributed by atoms with E-state index in [9.17, 15) is 16.8 Å². The number of piperidine rings is 1. The summed E-state index contributed by atoms with van der Waals surface area (Å²) in [5.74, 6) is 0. The number of sulfonamides is 1. The van der Waals surface area contributed by atoms with E-state index in [0.29, 0.717) is 6.54 Å². The molecule has 0 radical (unpaired) electrons. The molecule has 1 aromatic heterocycles. The molecule has 4 rings (SSSR count). The van der Waals surface area contributed by atoms with E-state index >= 15 is 0 Å². The van der Waals surface area contributed by atoms with Crippen LogP contribution in [0.1, 0.15) is 19.3 Å². The summed E-state index contributed by atoms with van der Waals surface area (Å²) in [6.45, 7) is 2.77. The fourth-order valence-corrected chi connectivity index (χ4v) is 6.66. The van der Waals surface area contributed by atoms with E-state index in [1.165, 1.54) is 18.6 Å². The van der Waals surface area contributed by atoms with Crippen LogP contribution < -0.4 is 10.5 Å². The number of likely N-dealkylation sites (tertiary alicyclic amines) is 1. The minimum absolute atomic E-state index is 0.0660. The minimum Gasteiger partial charge on any atom is -0.398 e. The number of nitrogens with one attached hydrogen (secondary N) is 1. The molecule has 0 amide bonds. The van der Waals surface area contributed by atoms with Crippen molar-refractivity contribution in [2.45, 2.75) is 29.1 Å². The van der Waals surface area contributed by atoms with Gasteiger partial charge in [0.2, 0.25) is 10.0 Å². The second-order valence-electron chi connectivity index (χ2n) is 7.65. The molecule has 8 nitrogen and oxygen atoms in total. The van der Waals surface area contributed by atoms with Gasteiger partial charge in [-0.15, -0.1) is 0 Å². The number of aromatic nitrogens is 1. The Morgan fingerprint density at radius 3 is 2.32 bits per heavy atom. The first-order valence-electron chi connectivity index (χ1n) is 10.2. The van der Waals surface area contributed by atoms with Gasteiger partial charge in [-0.3, -0.25) is 0 Å². The molecule has 2 heterocycles. The maximum Gasteiger partial charge on any atom is 0.268 e. The predicted molar refractivity (Wildman–Crippen MR) is 121 cm³/mol. The van der Waals surface area contributed by atoms with Crippen LogP contribution in [0.15, 0.2) is 64.5 Å². The summed E-state index contributed by atoms with van der Waals surface area (Å²) in [5, 5.41) is 0.201. The number of nitrogens with zero attached hydrogens (tertiary/aromatic N) is 2. The summed E-state index contributed by atoms with van der Waals surface area (Å²) < 4.78 is 56.3. The second kappa shape index (κ2) is 8.62. The van der Waals surface area contributed by atoms with Crippen LogP contribution in [0.3, 0.4) is 0 Å². The molecule has 1 aliphatic heterocycles. The molecule has 3 aromatic rings. The number of nitrogen functional groups attached to an aromatic ring is 1. The quantitative estimate of drug-likeness (QED) is 0.521. The van der Waals surface area contributed by atoms with Crippen LogP contribution >= 0.6 is 0 Å². The Hall–Kier alpha value is -2.40. The average Bonchev–Trinajstić information content (AvgIpc) is 3.18. The summed E-state index contributed by atoms with van der Waals surface area (Å²) in [6.07, 6.45) is 4.59. The Kier molecular flexibility index (Phi) is 6.07. The van der Waals surface area contributed by atoms with Gasteiger partial charge in [0, 0.05) is 30.4 Å². The zero-order valence-corrected chi connectivity index (χ0v) is 18.7. The normalized spacial score (nSPS) is 16.0. The van der Waals surface area contributed by atoms with Gasteiger partial charge in [-0.05, 0) is 50.2 Å². The fraction of sp³-hybridized carbons (Fsp3) is 0.333. The van der Waals surface area contributed by atoms with Crippen LogP contribution in [0.25, 0.3) is 10.9 Å². The first-order chi connectivity index (χ1) is 14.8. The highest BCUT2D eigenvalue weighted by Crippen LogP contribution is 2.32. The zero-order valence-electron chi connectivity index (χ0n) is 17.1. The van der Waals surface area contributed by atoms with Crippen molar-refractivity contribution >= 4 is 36.6 Å². The SMILES string of the molecule is Nc1cccc2c1c(S(=O)(=O)NCCN1CCCCC1)cn2S(=O)(=O)c1ccccc1.